The summed E-state index contributed by atoms with van der Waals surface area (Å²) in [6.07, 6.45) is 1.73. The average molecular weight is 398 g/mol. The third-order valence-corrected chi connectivity index (χ3v) is 3.87. The van der Waals surface area contributed by atoms with Crippen LogP contribution in [0.4, 0.5) is 11.6 Å². The molecule has 1 amide bonds. The first kappa shape index (κ1) is 17.0. The minimum absolute atomic E-state index is 0.284. The maximum atomic E-state index is 12.4. The number of hydrogen-bond acceptors (Lipinski definition) is 5. The summed E-state index contributed by atoms with van der Waals surface area (Å²) >= 11 is 3.37. The predicted molar refractivity (Wildman–Crippen MR) is 100 cm³/mol. The van der Waals surface area contributed by atoms with Crippen LogP contribution < -0.4 is 10.6 Å². The van der Waals surface area contributed by atoms with Crippen molar-refractivity contribution in [3.8, 4) is 0 Å². The van der Waals surface area contributed by atoms with Gasteiger partial charge in [-0.2, -0.15) is 0 Å². The first-order chi connectivity index (χ1) is 12.1. The summed E-state index contributed by atoms with van der Waals surface area (Å²) in [7, 11) is 0. The van der Waals surface area contributed by atoms with E-state index in [-0.39, 0.29) is 5.91 Å². The second-order valence-electron chi connectivity index (χ2n) is 5.35. The van der Waals surface area contributed by atoms with Crippen LogP contribution in [0.25, 0.3) is 0 Å². The van der Waals surface area contributed by atoms with E-state index in [0.29, 0.717) is 29.6 Å². The molecule has 2 heterocycles. The van der Waals surface area contributed by atoms with Crippen molar-refractivity contribution in [3.05, 3.63) is 76.3 Å². The lowest BCUT2D eigenvalue weighted by Gasteiger charge is -2.09. The fourth-order valence-corrected chi connectivity index (χ4v) is 2.43. The van der Waals surface area contributed by atoms with Gasteiger partial charge in [0.05, 0.1) is 12.2 Å². The third kappa shape index (κ3) is 4.84. The van der Waals surface area contributed by atoms with Crippen molar-refractivity contribution in [1.29, 1.82) is 0 Å². The molecule has 1 aromatic carbocycles. The summed E-state index contributed by atoms with van der Waals surface area (Å²) in [6, 6.07) is 14.7. The van der Waals surface area contributed by atoms with Gasteiger partial charge in [-0.15, -0.1) is 0 Å². The fraction of sp³-hybridized carbons (Fsp3) is 0.111. The van der Waals surface area contributed by atoms with Crippen molar-refractivity contribution in [2.75, 3.05) is 10.6 Å². The lowest BCUT2D eigenvalue weighted by molar-refractivity contribution is 0.102. The van der Waals surface area contributed by atoms with Gasteiger partial charge in [0.15, 0.2) is 0 Å². The van der Waals surface area contributed by atoms with Crippen molar-refractivity contribution >= 4 is 33.5 Å². The number of halogens is 1. The first-order valence-corrected chi connectivity index (χ1v) is 8.46. The molecular formula is C18H16BrN5O. The molecule has 0 aliphatic heterocycles. The van der Waals surface area contributed by atoms with Crippen LogP contribution in [0.5, 0.6) is 0 Å². The number of anilines is 2. The number of hydrogen-bond donors (Lipinski definition) is 2. The summed E-state index contributed by atoms with van der Waals surface area (Å²) < 4.78 is 0.949. The Balaban J connectivity index is 1.72. The van der Waals surface area contributed by atoms with Crippen LogP contribution in [0.1, 0.15) is 21.9 Å². The van der Waals surface area contributed by atoms with Crippen LogP contribution in [-0.4, -0.2) is 20.9 Å². The number of nitrogens with zero attached hydrogens (tertiary/aromatic N) is 3. The molecule has 0 saturated carbocycles. The molecule has 3 rings (SSSR count). The Kier molecular flexibility index (Phi) is 5.35. The topological polar surface area (TPSA) is 79.8 Å². The van der Waals surface area contributed by atoms with E-state index in [2.05, 4.69) is 41.5 Å². The monoisotopic (exact) mass is 397 g/mol. The van der Waals surface area contributed by atoms with E-state index in [4.69, 9.17) is 0 Å². The largest absolute Gasteiger partial charge is 0.349 e. The van der Waals surface area contributed by atoms with E-state index in [1.54, 1.807) is 12.3 Å². The molecule has 0 saturated heterocycles. The van der Waals surface area contributed by atoms with E-state index in [1.807, 2.05) is 49.4 Å². The highest BCUT2D eigenvalue weighted by atomic mass is 79.9. The number of aromatic nitrogens is 3. The van der Waals surface area contributed by atoms with Crippen LogP contribution >= 0.6 is 15.9 Å². The van der Waals surface area contributed by atoms with E-state index < -0.39 is 0 Å². The zero-order valence-electron chi connectivity index (χ0n) is 13.5. The zero-order valence-corrected chi connectivity index (χ0v) is 15.1. The van der Waals surface area contributed by atoms with Crippen molar-refractivity contribution in [2.45, 2.75) is 13.5 Å². The van der Waals surface area contributed by atoms with E-state index in [1.165, 1.54) is 0 Å². The molecule has 0 spiro atoms. The Hall–Kier alpha value is -2.80. The number of carbonyl (C=O) groups is 1. The minimum Gasteiger partial charge on any atom is -0.349 e. The summed E-state index contributed by atoms with van der Waals surface area (Å²) in [5.41, 5.74) is 2.58. The Morgan fingerprint density at radius 3 is 2.64 bits per heavy atom. The summed E-state index contributed by atoms with van der Waals surface area (Å²) in [5.74, 6) is 0.111. The number of benzene rings is 1. The molecule has 0 radical (unpaired) electrons. The number of rotatable bonds is 5. The molecule has 7 heteroatoms. The molecule has 3 aromatic rings. The second-order valence-corrected chi connectivity index (χ2v) is 6.27. The summed E-state index contributed by atoms with van der Waals surface area (Å²) in [4.78, 5) is 25.3. The van der Waals surface area contributed by atoms with Crippen molar-refractivity contribution in [3.63, 3.8) is 0 Å². The van der Waals surface area contributed by atoms with Crippen molar-refractivity contribution < 1.29 is 4.79 Å². The Morgan fingerprint density at radius 2 is 1.92 bits per heavy atom. The van der Waals surface area contributed by atoms with Gasteiger partial charge in [-0.25, -0.2) is 9.97 Å². The SMILES string of the molecule is Cc1cc(C(=O)Nc2ccc(Br)cc2)nc(NCc2ccccn2)n1. The Bertz CT molecular complexity index is 868. The molecule has 2 N–H and O–H groups in total. The van der Waals surface area contributed by atoms with Gasteiger partial charge < -0.3 is 10.6 Å². The third-order valence-electron chi connectivity index (χ3n) is 3.34. The zero-order chi connectivity index (χ0) is 17.6. The summed E-state index contributed by atoms with van der Waals surface area (Å²) in [5, 5.41) is 5.92. The van der Waals surface area contributed by atoms with Gasteiger partial charge in [-0.1, -0.05) is 22.0 Å². The standard InChI is InChI=1S/C18H16BrN5O/c1-12-10-16(17(25)23-14-7-5-13(19)6-8-14)24-18(22-12)21-11-15-4-2-3-9-20-15/h2-10H,11H2,1H3,(H,23,25)(H,21,22,24). The number of pyridine rings is 1. The molecule has 0 fully saturated rings. The van der Waals surface area contributed by atoms with Crippen molar-refractivity contribution in [2.24, 2.45) is 0 Å². The fourth-order valence-electron chi connectivity index (χ4n) is 2.16. The highest BCUT2D eigenvalue weighted by molar-refractivity contribution is 9.10. The maximum absolute atomic E-state index is 12.4. The quantitative estimate of drug-likeness (QED) is 0.684. The van der Waals surface area contributed by atoms with Gasteiger partial charge in [0, 0.05) is 22.1 Å². The minimum atomic E-state index is -0.284. The molecule has 6 nitrogen and oxygen atoms in total. The van der Waals surface area contributed by atoms with Gasteiger partial charge >= 0.3 is 0 Å². The molecule has 0 bridgehead atoms. The van der Waals surface area contributed by atoms with E-state index in [0.717, 1.165) is 10.2 Å². The Labute approximate surface area is 153 Å². The van der Waals surface area contributed by atoms with Gasteiger partial charge in [-0.05, 0) is 49.4 Å². The van der Waals surface area contributed by atoms with Crippen LogP contribution in [0.2, 0.25) is 0 Å². The number of nitrogens with one attached hydrogen (secondary N) is 2. The van der Waals surface area contributed by atoms with Gasteiger partial charge in [0.1, 0.15) is 5.69 Å². The molecule has 25 heavy (non-hydrogen) atoms. The number of aryl methyl sites for hydroxylation is 1. The van der Waals surface area contributed by atoms with Crippen LogP contribution in [0.15, 0.2) is 59.2 Å². The van der Waals surface area contributed by atoms with Crippen LogP contribution in [0.3, 0.4) is 0 Å². The maximum Gasteiger partial charge on any atom is 0.274 e. The normalized spacial score (nSPS) is 10.3. The Morgan fingerprint density at radius 1 is 1.12 bits per heavy atom. The first-order valence-electron chi connectivity index (χ1n) is 7.66. The smallest absolute Gasteiger partial charge is 0.274 e. The molecular weight excluding hydrogens is 382 g/mol. The molecule has 126 valence electrons. The lowest BCUT2D eigenvalue weighted by atomic mass is 10.3. The molecule has 2 aromatic heterocycles. The molecule has 0 aliphatic carbocycles. The average Bonchev–Trinajstić information content (AvgIpc) is 2.62. The van der Waals surface area contributed by atoms with Crippen LogP contribution in [-0.2, 0) is 6.54 Å². The van der Waals surface area contributed by atoms with Gasteiger partial charge in [-0.3, -0.25) is 9.78 Å². The molecule has 0 atom stereocenters. The van der Waals surface area contributed by atoms with E-state index >= 15 is 0 Å². The lowest BCUT2D eigenvalue weighted by Crippen LogP contribution is -2.16. The highest BCUT2D eigenvalue weighted by Gasteiger charge is 2.11. The van der Waals surface area contributed by atoms with Gasteiger partial charge in [0.25, 0.3) is 5.91 Å². The predicted octanol–water partition coefficient (Wildman–Crippen LogP) is 3.81. The molecule has 0 aliphatic rings. The number of amides is 1. The van der Waals surface area contributed by atoms with Crippen LogP contribution in [0, 0.1) is 6.92 Å². The summed E-state index contributed by atoms with van der Waals surface area (Å²) in [6.45, 7) is 2.31. The van der Waals surface area contributed by atoms with E-state index in [9.17, 15) is 4.79 Å². The molecule has 0 unspecified atom stereocenters. The van der Waals surface area contributed by atoms with Crippen molar-refractivity contribution in [1.82, 2.24) is 15.0 Å². The number of carbonyl (C=O) groups excluding carboxylic acids is 1. The second kappa shape index (κ2) is 7.85. The highest BCUT2D eigenvalue weighted by Crippen LogP contribution is 2.15. The van der Waals surface area contributed by atoms with Gasteiger partial charge in [0.2, 0.25) is 5.95 Å².